The first-order chi connectivity index (χ1) is 8.20. The van der Waals surface area contributed by atoms with Crippen LogP contribution in [0, 0.1) is 5.92 Å². The van der Waals surface area contributed by atoms with Crippen LogP contribution in [-0.2, 0) is 16.1 Å². The lowest BCUT2D eigenvalue weighted by atomic mass is 10.1. The van der Waals surface area contributed by atoms with E-state index in [2.05, 4.69) is 15.3 Å². The van der Waals surface area contributed by atoms with E-state index in [1.807, 2.05) is 6.92 Å². The van der Waals surface area contributed by atoms with Crippen molar-refractivity contribution in [1.82, 2.24) is 20.2 Å². The van der Waals surface area contributed by atoms with Crippen molar-refractivity contribution in [2.45, 2.75) is 19.9 Å². The van der Waals surface area contributed by atoms with E-state index in [4.69, 9.17) is 0 Å². The van der Waals surface area contributed by atoms with Crippen molar-refractivity contribution in [1.29, 1.82) is 0 Å². The number of nitrogens with zero attached hydrogens (tertiary/aromatic N) is 2. The van der Waals surface area contributed by atoms with Crippen molar-refractivity contribution < 1.29 is 9.59 Å². The molecule has 2 N–H and O–H groups in total. The van der Waals surface area contributed by atoms with Gasteiger partial charge < -0.3 is 15.2 Å². The standard InChI is InChI=1S/C11H16N4O2/c1-2-15-6-8(3-10(15)16)11(17)13-5-9-4-12-7-14-9/h4,7-8H,2-3,5-6H2,1H3,(H,12,14)(H,13,17). The van der Waals surface area contributed by atoms with Gasteiger partial charge >= 0.3 is 0 Å². The Kier molecular flexibility index (Phi) is 3.41. The van der Waals surface area contributed by atoms with E-state index < -0.39 is 0 Å². The van der Waals surface area contributed by atoms with Crippen molar-refractivity contribution in [3.8, 4) is 0 Å². The third-order valence-corrected chi connectivity index (χ3v) is 2.97. The number of hydrogen-bond donors (Lipinski definition) is 2. The highest BCUT2D eigenvalue weighted by atomic mass is 16.2. The fraction of sp³-hybridized carbons (Fsp3) is 0.545. The molecule has 1 atom stereocenters. The Bertz CT molecular complexity index is 402. The molecule has 0 aromatic carbocycles. The van der Waals surface area contributed by atoms with Crippen molar-refractivity contribution >= 4 is 11.8 Å². The Morgan fingerprint density at radius 3 is 3.12 bits per heavy atom. The SMILES string of the molecule is CCN1CC(C(=O)NCc2cnc[nH]2)CC1=O. The van der Waals surface area contributed by atoms with Gasteiger partial charge in [0.2, 0.25) is 11.8 Å². The summed E-state index contributed by atoms with van der Waals surface area (Å²) >= 11 is 0. The van der Waals surface area contributed by atoms with Crippen LogP contribution < -0.4 is 5.32 Å². The maximum atomic E-state index is 11.8. The van der Waals surface area contributed by atoms with Gasteiger partial charge in [-0.25, -0.2) is 4.98 Å². The average molecular weight is 236 g/mol. The summed E-state index contributed by atoms with van der Waals surface area (Å²) in [5.41, 5.74) is 0.857. The van der Waals surface area contributed by atoms with Crippen molar-refractivity contribution in [3.05, 3.63) is 18.2 Å². The lowest BCUT2D eigenvalue weighted by Gasteiger charge is -2.13. The topological polar surface area (TPSA) is 78.1 Å². The maximum absolute atomic E-state index is 11.8. The van der Waals surface area contributed by atoms with Crippen molar-refractivity contribution in [2.75, 3.05) is 13.1 Å². The molecule has 6 heteroatoms. The normalized spacial score (nSPS) is 19.7. The van der Waals surface area contributed by atoms with Crippen molar-refractivity contribution in [3.63, 3.8) is 0 Å². The van der Waals surface area contributed by atoms with E-state index in [1.54, 1.807) is 17.4 Å². The van der Waals surface area contributed by atoms with Crippen LogP contribution in [-0.4, -0.2) is 39.8 Å². The number of H-pyrrole nitrogens is 1. The Balaban J connectivity index is 1.83. The minimum Gasteiger partial charge on any atom is -0.350 e. The second-order valence-electron chi connectivity index (χ2n) is 4.13. The average Bonchev–Trinajstić information content (AvgIpc) is 2.94. The van der Waals surface area contributed by atoms with Gasteiger partial charge in [0.1, 0.15) is 0 Å². The zero-order valence-corrected chi connectivity index (χ0v) is 9.77. The van der Waals surface area contributed by atoms with Crippen LogP contribution in [0.5, 0.6) is 0 Å². The third kappa shape index (κ3) is 2.64. The minimum atomic E-state index is -0.217. The van der Waals surface area contributed by atoms with E-state index in [0.29, 0.717) is 26.1 Å². The van der Waals surface area contributed by atoms with Gasteiger partial charge in [0.15, 0.2) is 0 Å². The summed E-state index contributed by atoms with van der Waals surface area (Å²) in [5, 5.41) is 2.80. The first kappa shape index (κ1) is 11.6. The van der Waals surface area contributed by atoms with Crippen LogP contribution in [0.1, 0.15) is 19.0 Å². The lowest BCUT2D eigenvalue weighted by molar-refractivity contribution is -0.128. The highest BCUT2D eigenvalue weighted by molar-refractivity contribution is 5.89. The molecule has 0 saturated carbocycles. The molecular weight excluding hydrogens is 220 g/mol. The number of nitrogens with one attached hydrogen (secondary N) is 2. The molecule has 1 aliphatic heterocycles. The van der Waals surface area contributed by atoms with Crippen LogP contribution in [0.15, 0.2) is 12.5 Å². The van der Waals surface area contributed by atoms with E-state index in [1.165, 1.54) is 0 Å². The molecule has 1 aliphatic rings. The van der Waals surface area contributed by atoms with Gasteiger partial charge in [-0.2, -0.15) is 0 Å². The smallest absolute Gasteiger partial charge is 0.225 e. The number of likely N-dealkylation sites (tertiary alicyclic amines) is 1. The lowest BCUT2D eigenvalue weighted by Crippen LogP contribution is -2.32. The van der Waals surface area contributed by atoms with Gasteiger partial charge in [-0.05, 0) is 6.92 Å². The Labute approximate surface area is 99.4 Å². The Morgan fingerprint density at radius 1 is 1.71 bits per heavy atom. The monoisotopic (exact) mass is 236 g/mol. The Hall–Kier alpha value is -1.85. The molecule has 1 unspecified atom stereocenters. The highest BCUT2D eigenvalue weighted by Gasteiger charge is 2.33. The van der Waals surface area contributed by atoms with Gasteiger partial charge in [0.05, 0.1) is 24.5 Å². The molecule has 0 aliphatic carbocycles. The van der Waals surface area contributed by atoms with Crippen LogP contribution in [0.3, 0.4) is 0 Å². The first-order valence-electron chi connectivity index (χ1n) is 5.73. The number of imidazole rings is 1. The van der Waals surface area contributed by atoms with Gasteiger partial charge in [-0.3, -0.25) is 9.59 Å². The molecule has 0 spiro atoms. The molecule has 92 valence electrons. The molecule has 2 amide bonds. The second kappa shape index (κ2) is 4.99. The molecule has 1 aromatic heterocycles. The number of aromatic amines is 1. The maximum Gasteiger partial charge on any atom is 0.225 e. The largest absolute Gasteiger partial charge is 0.350 e. The number of aromatic nitrogens is 2. The molecule has 2 rings (SSSR count). The predicted molar refractivity (Wildman–Crippen MR) is 60.8 cm³/mol. The molecule has 1 saturated heterocycles. The summed E-state index contributed by atoms with van der Waals surface area (Å²) in [6.07, 6.45) is 3.56. The zero-order valence-electron chi connectivity index (χ0n) is 9.77. The summed E-state index contributed by atoms with van der Waals surface area (Å²) in [6, 6.07) is 0. The third-order valence-electron chi connectivity index (χ3n) is 2.97. The molecule has 0 bridgehead atoms. The molecule has 2 heterocycles. The zero-order chi connectivity index (χ0) is 12.3. The number of carbonyl (C=O) groups is 2. The van der Waals surface area contributed by atoms with Gasteiger partial charge in [-0.1, -0.05) is 0 Å². The fourth-order valence-corrected chi connectivity index (χ4v) is 1.96. The quantitative estimate of drug-likeness (QED) is 0.766. The predicted octanol–water partition coefficient (Wildman–Crippen LogP) is -0.106. The van der Waals surface area contributed by atoms with Crippen LogP contribution in [0.2, 0.25) is 0 Å². The highest BCUT2D eigenvalue weighted by Crippen LogP contribution is 2.17. The molecule has 17 heavy (non-hydrogen) atoms. The van der Waals surface area contributed by atoms with Crippen LogP contribution >= 0.6 is 0 Å². The first-order valence-corrected chi connectivity index (χ1v) is 5.73. The fourth-order valence-electron chi connectivity index (χ4n) is 1.96. The number of rotatable bonds is 4. The molecular formula is C11H16N4O2. The van der Waals surface area contributed by atoms with Crippen molar-refractivity contribution in [2.24, 2.45) is 5.92 Å². The molecule has 0 radical (unpaired) electrons. The second-order valence-corrected chi connectivity index (χ2v) is 4.13. The summed E-state index contributed by atoms with van der Waals surface area (Å²) in [4.78, 5) is 31.8. The van der Waals surface area contributed by atoms with Gasteiger partial charge in [-0.15, -0.1) is 0 Å². The van der Waals surface area contributed by atoms with E-state index in [-0.39, 0.29) is 17.7 Å². The molecule has 1 fully saturated rings. The minimum absolute atomic E-state index is 0.0641. The molecule has 6 nitrogen and oxygen atoms in total. The van der Waals surface area contributed by atoms with Gasteiger partial charge in [0, 0.05) is 25.7 Å². The molecule has 1 aromatic rings. The summed E-state index contributed by atoms with van der Waals surface area (Å²) < 4.78 is 0. The summed E-state index contributed by atoms with van der Waals surface area (Å²) in [5.74, 6) is -0.219. The van der Waals surface area contributed by atoms with Crippen LogP contribution in [0.4, 0.5) is 0 Å². The number of hydrogen-bond acceptors (Lipinski definition) is 3. The van der Waals surface area contributed by atoms with Gasteiger partial charge in [0.25, 0.3) is 0 Å². The summed E-state index contributed by atoms with van der Waals surface area (Å²) in [6.45, 7) is 3.55. The number of amides is 2. The van der Waals surface area contributed by atoms with E-state index in [9.17, 15) is 9.59 Å². The number of carbonyl (C=O) groups excluding carboxylic acids is 2. The van der Waals surface area contributed by atoms with Crippen LogP contribution in [0.25, 0.3) is 0 Å². The van der Waals surface area contributed by atoms with E-state index >= 15 is 0 Å². The Morgan fingerprint density at radius 2 is 2.53 bits per heavy atom. The van der Waals surface area contributed by atoms with E-state index in [0.717, 1.165) is 5.69 Å². The summed E-state index contributed by atoms with van der Waals surface area (Å²) in [7, 11) is 0.